The van der Waals surface area contributed by atoms with E-state index in [9.17, 15) is 19.2 Å². The number of likely N-dealkylation sites (N-methyl/N-ethyl adjacent to an activating group) is 1. The van der Waals surface area contributed by atoms with Crippen LogP contribution < -0.4 is 15.0 Å². The van der Waals surface area contributed by atoms with Crippen LogP contribution in [0.25, 0.3) is 0 Å². The van der Waals surface area contributed by atoms with Crippen molar-refractivity contribution in [1.82, 2.24) is 20.0 Å². The Bertz CT molecular complexity index is 1260. The quantitative estimate of drug-likeness (QED) is 0.555. The number of likely N-dealkylation sites (tertiary alicyclic amines) is 2. The molecule has 3 aliphatic heterocycles. The summed E-state index contributed by atoms with van der Waals surface area (Å²) in [5.41, 5.74) is 1.55. The zero-order valence-corrected chi connectivity index (χ0v) is 24.0. The third kappa shape index (κ3) is 6.37. The minimum absolute atomic E-state index is 0.106. The molecule has 3 unspecified atom stereocenters. The summed E-state index contributed by atoms with van der Waals surface area (Å²) in [6, 6.07) is 14.2. The van der Waals surface area contributed by atoms with Gasteiger partial charge in [0.15, 0.2) is 5.78 Å². The third-order valence-corrected chi connectivity index (χ3v) is 8.20. The number of piperazine rings is 1. The van der Waals surface area contributed by atoms with Crippen LogP contribution in [0.3, 0.4) is 0 Å². The summed E-state index contributed by atoms with van der Waals surface area (Å²) in [5.74, 6) is -0.273. The lowest BCUT2D eigenvalue weighted by molar-refractivity contribution is -0.138. The van der Waals surface area contributed by atoms with Gasteiger partial charge in [0.25, 0.3) is 5.91 Å². The SMILES string of the molecule is CC(C)CC(NC(=O)c1ccc(N2CCN(C)CC2)cc1)C(=O)N1CCC2C1C(=O)CN2C(=O)Oc1ccccc1. The van der Waals surface area contributed by atoms with Crippen molar-refractivity contribution < 1.29 is 23.9 Å². The number of amides is 3. The van der Waals surface area contributed by atoms with Crippen molar-refractivity contribution in [3.05, 3.63) is 60.2 Å². The van der Waals surface area contributed by atoms with Crippen LogP contribution in [0.2, 0.25) is 0 Å². The van der Waals surface area contributed by atoms with Crippen LogP contribution >= 0.6 is 0 Å². The maximum absolute atomic E-state index is 13.8. The molecule has 0 aromatic heterocycles. The van der Waals surface area contributed by atoms with Gasteiger partial charge in [-0.1, -0.05) is 32.0 Å². The molecule has 0 aliphatic carbocycles. The number of Topliss-reactive ketones (excluding diaryl/α,β-unsaturated/α-hetero) is 1. The highest BCUT2D eigenvalue weighted by Crippen LogP contribution is 2.31. The maximum Gasteiger partial charge on any atom is 0.415 e. The molecule has 3 heterocycles. The summed E-state index contributed by atoms with van der Waals surface area (Å²) in [6.07, 6.45) is 0.312. The second-order valence-corrected chi connectivity index (χ2v) is 11.6. The number of hydrogen-bond donors (Lipinski definition) is 1. The Hall–Kier alpha value is -3.92. The van der Waals surface area contributed by atoms with Gasteiger partial charge in [0.1, 0.15) is 17.8 Å². The highest BCUT2D eigenvalue weighted by molar-refractivity contribution is 6.00. The average molecular weight is 562 g/mol. The smallest absolute Gasteiger partial charge is 0.410 e. The van der Waals surface area contributed by atoms with Gasteiger partial charge in [0.05, 0.1) is 12.6 Å². The lowest BCUT2D eigenvalue weighted by atomic mass is 10.0. The van der Waals surface area contributed by atoms with Crippen LogP contribution in [-0.4, -0.2) is 103 Å². The number of anilines is 1. The molecule has 3 fully saturated rings. The van der Waals surface area contributed by atoms with E-state index in [1.807, 2.05) is 32.0 Å². The molecule has 0 spiro atoms. The monoisotopic (exact) mass is 561 g/mol. The van der Waals surface area contributed by atoms with Gasteiger partial charge in [-0.3, -0.25) is 19.3 Å². The number of ketones is 1. The number of hydrogen-bond acceptors (Lipinski definition) is 7. The van der Waals surface area contributed by atoms with Crippen molar-refractivity contribution >= 4 is 29.4 Å². The van der Waals surface area contributed by atoms with Crippen molar-refractivity contribution in [3.8, 4) is 5.75 Å². The Balaban J connectivity index is 1.24. The molecule has 2 aromatic carbocycles. The third-order valence-electron chi connectivity index (χ3n) is 8.20. The molecule has 0 bridgehead atoms. The Morgan fingerprint density at radius 2 is 1.61 bits per heavy atom. The van der Waals surface area contributed by atoms with Crippen molar-refractivity contribution in [2.75, 3.05) is 51.2 Å². The fourth-order valence-electron chi connectivity index (χ4n) is 5.99. The van der Waals surface area contributed by atoms with Crippen LogP contribution in [-0.2, 0) is 9.59 Å². The minimum Gasteiger partial charge on any atom is -0.410 e. The molecule has 10 nitrogen and oxygen atoms in total. The van der Waals surface area contributed by atoms with Crippen molar-refractivity contribution in [3.63, 3.8) is 0 Å². The summed E-state index contributed by atoms with van der Waals surface area (Å²) in [7, 11) is 2.11. The average Bonchev–Trinajstić information content (AvgIpc) is 3.54. The zero-order valence-electron chi connectivity index (χ0n) is 24.0. The lowest BCUT2D eigenvalue weighted by Gasteiger charge is -2.34. The van der Waals surface area contributed by atoms with E-state index in [0.717, 1.165) is 31.9 Å². The van der Waals surface area contributed by atoms with Crippen molar-refractivity contribution in [2.24, 2.45) is 5.92 Å². The largest absolute Gasteiger partial charge is 0.415 e. The molecule has 0 radical (unpaired) electrons. The van der Waals surface area contributed by atoms with E-state index < -0.39 is 24.2 Å². The Morgan fingerprint density at radius 1 is 0.927 bits per heavy atom. The number of ether oxygens (including phenoxy) is 1. The molecule has 3 amide bonds. The van der Waals surface area contributed by atoms with E-state index in [2.05, 4.69) is 22.2 Å². The highest BCUT2D eigenvalue weighted by atomic mass is 16.6. The number of rotatable bonds is 7. The van der Waals surface area contributed by atoms with E-state index in [0.29, 0.717) is 30.7 Å². The molecule has 5 rings (SSSR count). The first-order valence-corrected chi connectivity index (χ1v) is 14.4. The number of carbonyl (C=O) groups excluding carboxylic acids is 4. The number of fused-ring (bicyclic) bond motifs is 1. The van der Waals surface area contributed by atoms with Crippen molar-refractivity contribution in [1.29, 1.82) is 0 Å². The molecule has 41 heavy (non-hydrogen) atoms. The molecule has 2 aromatic rings. The van der Waals surface area contributed by atoms with Gasteiger partial charge in [0, 0.05) is 44.0 Å². The van der Waals surface area contributed by atoms with Crippen LogP contribution in [0.15, 0.2) is 54.6 Å². The van der Waals surface area contributed by atoms with Crippen LogP contribution in [0.4, 0.5) is 10.5 Å². The van der Waals surface area contributed by atoms with E-state index in [1.165, 1.54) is 4.90 Å². The molecule has 3 saturated heterocycles. The number of carbonyl (C=O) groups is 4. The van der Waals surface area contributed by atoms with Gasteiger partial charge < -0.3 is 24.8 Å². The molecular formula is C31H39N5O5. The predicted molar refractivity (Wildman–Crippen MR) is 155 cm³/mol. The summed E-state index contributed by atoms with van der Waals surface area (Å²) in [6.45, 7) is 8.07. The van der Waals surface area contributed by atoms with Gasteiger partial charge in [-0.05, 0) is 62.2 Å². The molecule has 0 saturated carbocycles. The van der Waals surface area contributed by atoms with Crippen molar-refractivity contribution in [2.45, 2.75) is 44.8 Å². The van der Waals surface area contributed by atoms with E-state index >= 15 is 0 Å². The van der Waals surface area contributed by atoms with Gasteiger partial charge in [-0.15, -0.1) is 0 Å². The summed E-state index contributed by atoms with van der Waals surface area (Å²) < 4.78 is 5.47. The van der Waals surface area contributed by atoms with Crippen LogP contribution in [0, 0.1) is 5.92 Å². The fourth-order valence-corrected chi connectivity index (χ4v) is 5.99. The lowest BCUT2D eigenvalue weighted by Crippen LogP contribution is -2.53. The molecular weight excluding hydrogens is 522 g/mol. The van der Waals surface area contributed by atoms with Gasteiger partial charge >= 0.3 is 6.09 Å². The number of benzene rings is 2. The molecule has 10 heteroatoms. The van der Waals surface area contributed by atoms with E-state index in [-0.39, 0.29) is 30.1 Å². The standard InChI is InChI=1S/C31H39N5O5/c1-21(2)19-25(32-29(38)22-9-11-23(12-10-22)34-17-15-33(3)16-18-34)30(39)35-14-13-26-28(35)27(37)20-36(26)31(40)41-24-7-5-4-6-8-24/h4-12,21,25-26,28H,13-20H2,1-3H3,(H,32,38). The number of para-hydroxylation sites is 1. The molecule has 218 valence electrons. The van der Waals surface area contributed by atoms with E-state index in [1.54, 1.807) is 41.3 Å². The van der Waals surface area contributed by atoms with Crippen LogP contribution in [0.5, 0.6) is 5.75 Å². The minimum atomic E-state index is -0.781. The van der Waals surface area contributed by atoms with Crippen LogP contribution in [0.1, 0.15) is 37.0 Å². The Morgan fingerprint density at radius 3 is 2.27 bits per heavy atom. The zero-order chi connectivity index (χ0) is 29.1. The van der Waals surface area contributed by atoms with Gasteiger partial charge in [-0.2, -0.15) is 0 Å². The second kappa shape index (κ2) is 12.3. The molecule has 1 N–H and O–H groups in total. The van der Waals surface area contributed by atoms with Gasteiger partial charge in [-0.25, -0.2) is 4.79 Å². The topological polar surface area (TPSA) is 103 Å². The second-order valence-electron chi connectivity index (χ2n) is 11.6. The normalized spacial score (nSPS) is 21.7. The first kappa shape index (κ1) is 28.6. The highest BCUT2D eigenvalue weighted by Gasteiger charge is 2.52. The molecule has 3 aliphatic rings. The Kier molecular flexibility index (Phi) is 8.58. The summed E-state index contributed by atoms with van der Waals surface area (Å²) >= 11 is 0. The van der Waals surface area contributed by atoms with Gasteiger partial charge in [0.2, 0.25) is 5.91 Å². The summed E-state index contributed by atoms with van der Waals surface area (Å²) in [4.78, 5) is 60.6. The summed E-state index contributed by atoms with van der Waals surface area (Å²) in [5, 5.41) is 2.94. The Labute approximate surface area is 241 Å². The predicted octanol–water partition coefficient (Wildman–Crippen LogP) is 2.64. The number of nitrogens with one attached hydrogen (secondary N) is 1. The molecule has 3 atom stereocenters. The number of nitrogens with zero attached hydrogens (tertiary/aromatic N) is 4. The first-order valence-electron chi connectivity index (χ1n) is 14.4. The van der Waals surface area contributed by atoms with E-state index in [4.69, 9.17) is 4.74 Å². The first-order chi connectivity index (χ1) is 19.7. The maximum atomic E-state index is 13.8. The fraction of sp³-hybridized carbons (Fsp3) is 0.484.